The maximum Gasteiger partial charge on any atom is 0.171 e. The molecule has 4 nitrogen and oxygen atoms in total. The fourth-order valence-corrected chi connectivity index (χ4v) is 2.70. The van der Waals surface area contributed by atoms with Crippen LogP contribution in [-0.4, -0.2) is 37.1 Å². The number of hydrogen-bond acceptors (Lipinski definition) is 4. The molecule has 0 aromatic carbocycles. The second-order valence-electron chi connectivity index (χ2n) is 4.40. The van der Waals surface area contributed by atoms with Gasteiger partial charge >= 0.3 is 0 Å². The number of pyridine rings is 1. The average Bonchev–Trinajstić information content (AvgIpc) is 2.80. The van der Waals surface area contributed by atoms with Crippen LogP contribution >= 0.6 is 11.6 Å². The van der Waals surface area contributed by atoms with Crippen LogP contribution < -0.4 is 4.90 Å². The Kier molecular flexibility index (Phi) is 2.94. The molecule has 5 heteroatoms. The molecule has 17 heavy (non-hydrogen) atoms. The van der Waals surface area contributed by atoms with E-state index >= 15 is 0 Å². The predicted octanol–water partition coefficient (Wildman–Crippen LogP) is 2.08. The summed E-state index contributed by atoms with van der Waals surface area (Å²) in [6.45, 7) is 3.17. The molecule has 0 amide bonds. The minimum atomic E-state index is -0.336. The maximum absolute atomic E-state index is 6.14. The Morgan fingerprint density at radius 3 is 2.59 bits per heavy atom. The van der Waals surface area contributed by atoms with Crippen LogP contribution in [0.2, 0.25) is 5.02 Å². The van der Waals surface area contributed by atoms with Crippen molar-refractivity contribution >= 4 is 17.4 Å². The highest BCUT2D eigenvalue weighted by atomic mass is 35.5. The van der Waals surface area contributed by atoms with Crippen molar-refractivity contribution in [2.75, 3.05) is 31.2 Å². The molecule has 2 aliphatic rings. The van der Waals surface area contributed by atoms with E-state index in [0.29, 0.717) is 18.2 Å². The van der Waals surface area contributed by atoms with Gasteiger partial charge in [-0.3, -0.25) is 0 Å². The van der Waals surface area contributed by atoms with Gasteiger partial charge in [0, 0.05) is 32.1 Å². The van der Waals surface area contributed by atoms with Crippen molar-refractivity contribution in [2.24, 2.45) is 0 Å². The molecule has 1 spiro atoms. The van der Waals surface area contributed by atoms with E-state index in [1.165, 1.54) is 0 Å². The molecule has 0 bridgehead atoms. The van der Waals surface area contributed by atoms with Gasteiger partial charge < -0.3 is 14.4 Å². The number of ether oxygens (including phenoxy) is 2. The summed E-state index contributed by atoms with van der Waals surface area (Å²) in [7, 11) is 0. The lowest BCUT2D eigenvalue weighted by Crippen LogP contribution is -2.45. The lowest BCUT2D eigenvalue weighted by molar-refractivity contribution is -0.169. The van der Waals surface area contributed by atoms with Gasteiger partial charge in [-0.1, -0.05) is 11.6 Å². The summed E-state index contributed by atoms with van der Waals surface area (Å²) in [4.78, 5) is 6.52. The van der Waals surface area contributed by atoms with Crippen molar-refractivity contribution < 1.29 is 9.47 Å². The first kappa shape index (κ1) is 11.3. The summed E-state index contributed by atoms with van der Waals surface area (Å²) in [6.07, 6.45) is 3.52. The zero-order valence-electron chi connectivity index (χ0n) is 9.56. The van der Waals surface area contributed by atoms with Gasteiger partial charge in [0.25, 0.3) is 0 Å². The van der Waals surface area contributed by atoms with Crippen molar-refractivity contribution in [1.82, 2.24) is 4.98 Å². The fraction of sp³-hybridized carbons (Fsp3) is 0.583. The summed E-state index contributed by atoms with van der Waals surface area (Å²) in [6, 6.07) is 3.72. The van der Waals surface area contributed by atoms with E-state index < -0.39 is 0 Å². The molecule has 1 aromatic rings. The van der Waals surface area contributed by atoms with Gasteiger partial charge in [0.1, 0.15) is 5.82 Å². The predicted molar refractivity (Wildman–Crippen MR) is 65.3 cm³/mol. The highest BCUT2D eigenvalue weighted by molar-refractivity contribution is 6.32. The zero-order valence-corrected chi connectivity index (χ0v) is 10.3. The van der Waals surface area contributed by atoms with E-state index in [1.54, 1.807) is 6.20 Å². The molecule has 2 fully saturated rings. The largest absolute Gasteiger partial charge is 0.355 e. The summed E-state index contributed by atoms with van der Waals surface area (Å²) in [5.41, 5.74) is 0. The standard InChI is InChI=1S/C12H15ClN2O2/c13-10-2-1-5-14-11(10)15-6-3-12(4-7-15)16-8-9-17-12/h1-2,5H,3-4,6-9H2. The Bertz CT molecular complexity index is 397. The van der Waals surface area contributed by atoms with Crippen LogP contribution in [0.3, 0.4) is 0 Å². The highest BCUT2D eigenvalue weighted by Crippen LogP contribution is 2.34. The zero-order chi connectivity index (χ0) is 11.7. The van der Waals surface area contributed by atoms with E-state index in [0.717, 1.165) is 31.7 Å². The number of nitrogens with zero attached hydrogens (tertiary/aromatic N) is 2. The van der Waals surface area contributed by atoms with Gasteiger partial charge in [0.2, 0.25) is 0 Å². The fourth-order valence-electron chi connectivity index (χ4n) is 2.45. The van der Waals surface area contributed by atoms with Crippen molar-refractivity contribution in [3.63, 3.8) is 0 Å². The number of aromatic nitrogens is 1. The second kappa shape index (κ2) is 4.44. The molecule has 0 aliphatic carbocycles. The first-order chi connectivity index (χ1) is 8.29. The molecule has 3 heterocycles. The van der Waals surface area contributed by atoms with Crippen LogP contribution in [0.5, 0.6) is 0 Å². The van der Waals surface area contributed by atoms with Gasteiger partial charge in [-0.15, -0.1) is 0 Å². The lowest BCUT2D eigenvalue weighted by atomic mass is 10.0. The van der Waals surface area contributed by atoms with Crippen LogP contribution in [0.4, 0.5) is 5.82 Å². The van der Waals surface area contributed by atoms with Crippen LogP contribution in [0, 0.1) is 0 Å². The Morgan fingerprint density at radius 2 is 1.94 bits per heavy atom. The second-order valence-corrected chi connectivity index (χ2v) is 4.81. The first-order valence-corrected chi connectivity index (χ1v) is 6.30. The Hall–Kier alpha value is -0.840. The molecule has 1 aromatic heterocycles. The van der Waals surface area contributed by atoms with Gasteiger partial charge in [-0.05, 0) is 12.1 Å². The lowest BCUT2D eigenvalue weighted by Gasteiger charge is -2.38. The molecule has 92 valence electrons. The molecule has 0 saturated carbocycles. The third-order valence-electron chi connectivity index (χ3n) is 3.38. The molecule has 2 aliphatic heterocycles. The summed E-state index contributed by atoms with van der Waals surface area (Å²) in [5, 5.41) is 0.705. The quantitative estimate of drug-likeness (QED) is 0.769. The smallest absolute Gasteiger partial charge is 0.171 e. The van der Waals surface area contributed by atoms with Crippen molar-refractivity contribution in [3.05, 3.63) is 23.4 Å². The molecular weight excluding hydrogens is 240 g/mol. The molecule has 0 N–H and O–H groups in total. The van der Waals surface area contributed by atoms with E-state index in [4.69, 9.17) is 21.1 Å². The highest BCUT2D eigenvalue weighted by Gasteiger charge is 2.40. The Labute approximate surface area is 105 Å². The molecule has 0 atom stereocenters. The molecule has 2 saturated heterocycles. The summed E-state index contributed by atoms with van der Waals surface area (Å²) in [5.74, 6) is 0.527. The van der Waals surface area contributed by atoms with Crippen LogP contribution in [0.25, 0.3) is 0 Å². The van der Waals surface area contributed by atoms with Gasteiger partial charge in [-0.25, -0.2) is 4.98 Å². The summed E-state index contributed by atoms with van der Waals surface area (Å²) < 4.78 is 11.4. The van der Waals surface area contributed by atoms with E-state index in [1.807, 2.05) is 12.1 Å². The van der Waals surface area contributed by atoms with E-state index in [9.17, 15) is 0 Å². The van der Waals surface area contributed by atoms with Crippen LogP contribution in [-0.2, 0) is 9.47 Å². The van der Waals surface area contributed by atoms with Gasteiger partial charge in [0.15, 0.2) is 5.79 Å². The summed E-state index contributed by atoms with van der Waals surface area (Å²) >= 11 is 6.14. The van der Waals surface area contributed by atoms with E-state index in [2.05, 4.69) is 9.88 Å². The van der Waals surface area contributed by atoms with Gasteiger partial charge in [-0.2, -0.15) is 0 Å². The molecule has 3 rings (SSSR count). The Balaban J connectivity index is 1.71. The van der Waals surface area contributed by atoms with E-state index in [-0.39, 0.29) is 5.79 Å². The van der Waals surface area contributed by atoms with Crippen LogP contribution in [0.15, 0.2) is 18.3 Å². The number of anilines is 1. The molecule has 0 unspecified atom stereocenters. The minimum Gasteiger partial charge on any atom is -0.355 e. The minimum absolute atomic E-state index is 0.336. The maximum atomic E-state index is 6.14. The molecular formula is C12H15ClN2O2. The third-order valence-corrected chi connectivity index (χ3v) is 3.67. The number of rotatable bonds is 1. The monoisotopic (exact) mass is 254 g/mol. The molecule has 0 radical (unpaired) electrons. The van der Waals surface area contributed by atoms with Crippen molar-refractivity contribution in [2.45, 2.75) is 18.6 Å². The van der Waals surface area contributed by atoms with Crippen molar-refractivity contribution in [1.29, 1.82) is 0 Å². The third kappa shape index (κ3) is 2.12. The van der Waals surface area contributed by atoms with Crippen LogP contribution in [0.1, 0.15) is 12.8 Å². The first-order valence-electron chi connectivity index (χ1n) is 5.92. The number of halogens is 1. The topological polar surface area (TPSA) is 34.6 Å². The number of piperidine rings is 1. The van der Waals surface area contributed by atoms with Crippen molar-refractivity contribution in [3.8, 4) is 0 Å². The van der Waals surface area contributed by atoms with Gasteiger partial charge in [0.05, 0.1) is 18.2 Å². The normalized spacial score (nSPS) is 23.2. The Morgan fingerprint density at radius 1 is 1.24 bits per heavy atom. The average molecular weight is 255 g/mol. The SMILES string of the molecule is Clc1cccnc1N1CCC2(CC1)OCCO2. The number of hydrogen-bond donors (Lipinski definition) is 0.